The Morgan fingerprint density at radius 1 is 1.06 bits per heavy atom. The van der Waals surface area contributed by atoms with Crippen molar-refractivity contribution in [2.24, 2.45) is 11.8 Å². The number of carboxylic acid groups (broad SMARTS) is 1. The van der Waals surface area contributed by atoms with Gasteiger partial charge in [0.15, 0.2) is 5.92 Å². The second-order valence-corrected chi connectivity index (χ2v) is 3.53. The lowest BCUT2D eigenvalue weighted by Gasteiger charge is -2.16. The molecule has 0 aromatic rings. The van der Waals surface area contributed by atoms with Crippen LogP contribution in [0.15, 0.2) is 0 Å². The molecule has 0 aliphatic rings. The van der Waals surface area contributed by atoms with Crippen LogP contribution < -0.4 is 0 Å². The summed E-state index contributed by atoms with van der Waals surface area (Å²) >= 11 is 0. The minimum Gasteiger partial charge on any atom is -0.481 e. The van der Waals surface area contributed by atoms with Gasteiger partial charge in [0.25, 0.3) is 0 Å². The quantitative estimate of drug-likeness (QED) is 0.529. The maximum absolute atomic E-state index is 11.5. The first-order valence-corrected chi connectivity index (χ1v) is 5.50. The Balaban J connectivity index is 4.66. The zero-order valence-electron chi connectivity index (χ0n) is 10.3. The number of ether oxygens (including phenoxy) is 2. The fourth-order valence-electron chi connectivity index (χ4n) is 1.23. The van der Waals surface area contributed by atoms with E-state index < -0.39 is 29.7 Å². The molecule has 1 N–H and O–H groups in total. The van der Waals surface area contributed by atoms with Gasteiger partial charge in [-0.1, -0.05) is 6.92 Å². The summed E-state index contributed by atoms with van der Waals surface area (Å²) in [4.78, 5) is 33.7. The highest BCUT2D eigenvalue weighted by molar-refractivity contribution is 5.95. The monoisotopic (exact) mass is 246 g/mol. The van der Waals surface area contributed by atoms with E-state index in [1.165, 1.54) is 6.92 Å². The molecular weight excluding hydrogens is 228 g/mol. The van der Waals surface area contributed by atoms with E-state index in [1.54, 1.807) is 13.8 Å². The number of carbonyl (C=O) groups excluding carboxylic acids is 2. The summed E-state index contributed by atoms with van der Waals surface area (Å²) in [6.45, 7) is 4.92. The molecule has 0 saturated heterocycles. The third kappa shape index (κ3) is 5.33. The number of esters is 2. The van der Waals surface area contributed by atoms with Crippen molar-refractivity contribution in [2.75, 3.05) is 13.2 Å². The fraction of sp³-hybridized carbons (Fsp3) is 0.727. The molecular formula is C11H18O6. The van der Waals surface area contributed by atoms with E-state index in [0.717, 1.165) is 0 Å². The smallest absolute Gasteiger partial charge is 0.320 e. The summed E-state index contributed by atoms with van der Waals surface area (Å²) in [7, 11) is 0. The molecule has 0 rings (SSSR count). The van der Waals surface area contributed by atoms with Crippen LogP contribution in [0.5, 0.6) is 0 Å². The molecule has 0 spiro atoms. The van der Waals surface area contributed by atoms with Gasteiger partial charge in [-0.3, -0.25) is 14.4 Å². The standard InChI is InChI=1S/C11H18O6/c1-4-16-10(14)8(11(15)17-5-2)6-7(3)9(12)13/h7-8H,4-6H2,1-3H3,(H,12,13). The molecule has 1 atom stereocenters. The summed E-state index contributed by atoms with van der Waals surface area (Å²) in [5.41, 5.74) is 0. The zero-order chi connectivity index (χ0) is 13.4. The lowest BCUT2D eigenvalue weighted by atomic mass is 9.96. The first kappa shape index (κ1) is 15.4. The van der Waals surface area contributed by atoms with Crippen LogP contribution in [0.25, 0.3) is 0 Å². The minimum atomic E-state index is -1.17. The molecule has 0 aromatic carbocycles. The molecule has 98 valence electrons. The van der Waals surface area contributed by atoms with Crippen molar-refractivity contribution < 1.29 is 29.0 Å². The topological polar surface area (TPSA) is 89.9 Å². The third-order valence-corrected chi connectivity index (χ3v) is 2.15. The van der Waals surface area contributed by atoms with Gasteiger partial charge >= 0.3 is 17.9 Å². The van der Waals surface area contributed by atoms with E-state index in [-0.39, 0.29) is 19.6 Å². The van der Waals surface area contributed by atoms with E-state index in [9.17, 15) is 14.4 Å². The highest BCUT2D eigenvalue weighted by Gasteiger charge is 2.32. The van der Waals surface area contributed by atoms with Crippen LogP contribution >= 0.6 is 0 Å². The van der Waals surface area contributed by atoms with E-state index >= 15 is 0 Å². The van der Waals surface area contributed by atoms with Crippen molar-refractivity contribution in [1.29, 1.82) is 0 Å². The number of carboxylic acids is 1. The van der Waals surface area contributed by atoms with E-state index in [4.69, 9.17) is 14.6 Å². The van der Waals surface area contributed by atoms with Gasteiger partial charge in [-0.25, -0.2) is 0 Å². The molecule has 0 aliphatic carbocycles. The van der Waals surface area contributed by atoms with Crippen molar-refractivity contribution in [3.05, 3.63) is 0 Å². The van der Waals surface area contributed by atoms with Crippen molar-refractivity contribution in [3.8, 4) is 0 Å². The van der Waals surface area contributed by atoms with Crippen LogP contribution in [0.4, 0.5) is 0 Å². The van der Waals surface area contributed by atoms with E-state index in [2.05, 4.69) is 0 Å². The number of carbonyl (C=O) groups is 3. The molecule has 17 heavy (non-hydrogen) atoms. The average molecular weight is 246 g/mol. The molecule has 6 heteroatoms. The second kappa shape index (κ2) is 7.65. The Hall–Kier alpha value is -1.59. The van der Waals surface area contributed by atoms with Gasteiger partial charge in [0.2, 0.25) is 0 Å². The number of hydrogen-bond acceptors (Lipinski definition) is 5. The maximum Gasteiger partial charge on any atom is 0.320 e. The number of rotatable bonds is 7. The molecule has 6 nitrogen and oxygen atoms in total. The van der Waals surface area contributed by atoms with Crippen LogP contribution in [-0.4, -0.2) is 36.2 Å². The molecule has 0 fully saturated rings. The van der Waals surface area contributed by atoms with E-state index in [1.807, 2.05) is 0 Å². The van der Waals surface area contributed by atoms with Gasteiger partial charge in [0, 0.05) is 0 Å². The Kier molecular flexibility index (Phi) is 6.93. The zero-order valence-corrected chi connectivity index (χ0v) is 10.3. The van der Waals surface area contributed by atoms with Crippen LogP contribution in [0.2, 0.25) is 0 Å². The molecule has 0 aromatic heterocycles. The van der Waals surface area contributed by atoms with Gasteiger partial charge in [0.05, 0.1) is 19.1 Å². The van der Waals surface area contributed by atoms with E-state index in [0.29, 0.717) is 0 Å². The van der Waals surface area contributed by atoms with Crippen LogP contribution in [0.3, 0.4) is 0 Å². The van der Waals surface area contributed by atoms with Crippen molar-refractivity contribution in [2.45, 2.75) is 27.2 Å². The summed E-state index contributed by atoms with van der Waals surface area (Å²) in [6, 6.07) is 0. The minimum absolute atomic E-state index is 0.118. The lowest BCUT2D eigenvalue weighted by molar-refractivity contribution is -0.162. The Bertz CT molecular complexity index is 268. The fourth-order valence-corrected chi connectivity index (χ4v) is 1.23. The van der Waals surface area contributed by atoms with Gasteiger partial charge in [0.1, 0.15) is 0 Å². The summed E-state index contributed by atoms with van der Waals surface area (Å²) in [5, 5.41) is 8.75. The summed E-state index contributed by atoms with van der Waals surface area (Å²) in [6.07, 6.45) is -0.118. The highest BCUT2D eigenvalue weighted by atomic mass is 16.6. The number of hydrogen-bond donors (Lipinski definition) is 1. The van der Waals surface area contributed by atoms with Crippen molar-refractivity contribution >= 4 is 17.9 Å². The Morgan fingerprint density at radius 2 is 1.47 bits per heavy atom. The molecule has 0 bridgehead atoms. The molecule has 0 aliphatic heterocycles. The summed E-state index contributed by atoms with van der Waals surface area (Å²) < 4.78 is 9.44. The maximum atomic E-state index is 11.5. The first-order chi connectivity index (χ1) is 7.93. The predicted octanol–water partition coefficient (Wildman–Crippen LogP) is 0.840. The van der Waals surface area contributed by atoms with Crippen molar-refractivity contribution in [3.63, 3.8) is 0 Å². The number of aliphatic carboxylic acids is 1. The lowest BCUT2D eigenvalue weighted by Crippen LogP contribution is -2.31. The Morgan fingerprint density at radius 3 is 1.76 bits per heavy atom. The highest BCUT2D eigenvalue weighted by Crippen LogP contribution is 2.16. The van der Waals surface area contributed by atoms with Crippen LogP contribution in [-0.2, 0) is 23.9 Å². The Labute approximate surface area is 99.9 Å². The van der Waals surface area contributed by atoms with Crippen LogP contribution in [0.1, 0.15) is 27.2 Å². The van der Waals surface area contributed by atoms with Gasteiger partial charge in [-0.05, 0) is 20.3 Å². The first-order valence-electron chi connectivity index (χ1n) is 5.50. The van der Waals surface area contributed by atoms with Crippen molar-refractivity contribution in [1.82, 2.24) is 0 Å². The van der Waals surface area contributed by atoms with Gasteiger partial charge < -0.3 is 14.6 Å². The molecule has 0 heterocycles. The average Bonchev–Trinajstić information content (AvgIpc) is 2.25. The predicted molar refractivity (Wildman–Crippen MR) is 58.2 cm³/mol. The third-order valence-electron chi connectivity index (χ3n) is 2.15. The largest absolute Gasteiger partial charge is 0.481 e. The molecule has 0 radical (unpaired) electrons. The summed E-state index contributed by atoms with van der Waals surface area (Å²) in [5.74, 6) is -4.52. The molecule has 0 amide bonds. The SMILES string of the molecule is CCOC(=O)C(CC(C)C(=O)O)C(=O)OCC. The second-order valence-electron chi connectivity index (χ2n) is 3.53. The molecule has 0 saturated carbocycles. The van der Waals surface area contributed by atoms with Gasteiger partial charge in [-0.2, -0.15) is 0 Å². The van der Waals surface area contributed by atoms with Gasteiger partial charge in [-0.15, -0.1) is 0 Å². The van der Waals surface area contributed by atoms with Crippen LogP contribution in [0, 0.1) is 11.8 Å². The molecule has 1 unspecified atom stereocenters. The normalized spacial score (nSPS) is 12.0.